The van der Waals surface area contributed by atoms with Crippen LogP contribution in [0.2, 0.25) is 0 Å². The normalized spacial score (nSPS) is 17.0. The molecule has 1 aliphatic rings. The molecule has 192 valence electrons. The maximum atomic E-state index is 11.3. The first-order chi connectivity index (χ1) is 17.8. The fourth-order valence-electron chi connectivity index (χ4n) is 4.82. The van der Waals surface area contributed by atoms with Crippen molar-refractivity contribution in [1.29, 1.82) is 0 Å². The van der Waals surface area contributed by atoms with Crippen molar-refractivity contribution in [2.24, 2.45) is 0 Å². The zero-order valence-electron chi connectivity index (χ0n) is 21.8. The van der Waals surface area contributed by atoms with E-state index in [0.717, 1.165) is 74.9 Å². The molecule has 6 heteroatoms. The summed E-state index contributed by atoms with van der Waals surface area (Å²) in [6.45, 7) is 13.0. The molecule has 37 heavy (non-hydrogen) atoms. The lowest BCUT2D eigenvalue weighted by molar-refractivity contribution is -0.104. The molecule has 3 aromatic rings. The van der Waals surface area contributed by atoms with Gasteiger partial charge in [0.25, 0.3) is 0 Å². The maximum absolute atomic E-state index is 11.3. The standard InChI is InChI=1S/C31H32O5S/c1-6-15-34-29-20(2)21(3)30-25(22(29)4)13-14-31(5,36-30)18-35-28-12-11-23(16-24(17-32)37-19-33)26-9-7-8-10-27(26)28/h6-12,16-17,19H,1,13-15,18H2,2-5H3/b24-16-. The van der Waals surface area contributed by atoms with Crippen molar-refractivity contribution in [3.05, 3.63) is 81.8 Å². The molecule has 0 spiro atoms. The summed E-state index contributed by atoms with van der Waals surface area (Å²) in [5, 5.41) is 1.88. The summed E-state index contributed by atoms with van der Waals surface area (Å²) < 4.78 is 19.0. The molecule has 1 aliphatic heterocycles. The van der Waals surface area contributed by atoms with Gasteiger partial charge in [0, 0.05) is 10.9 Å². The number of rotatable bonds is 10. The molecule has 5 nitrogen and oxygen atoms in total. The number of hydrogen-bond donors (Lipinski definition) is 0. The number of carbonyl (C=O) groups excluding carboxylic acids is 2. The minimum atomic E-state index is -0.495. The van der Waals surface area contributed by atoms with Gasteiger partial charge in [-0.05, 0) is 80.3 Å². The van der Waals surface area contributed by atoms with Gasteiger partial charge in [0.1, 0.15) is 36.1 Å². The molecule has 0 fully saturated rings. The largest absolute Gasteiger partial charge is 0.489 e. The molecule has 1 heterocycles. The van der Waals surface area contributed by atoms with Crippen LogP contribution in [-0.4, -0.2) is 30.7 Å². The lowest BCUT2D eigenvalue weighted by Gasteiger charge is -2.38. The highest BCUT2D eigenvalue weighted by Gasteiger charge is 2.35. The second-order valence-corrected chi connectivity index (χ2v) is 10.4. The van der Waals surface area contributed by atoms with E-state index in [1.165, 1.54) is 5.56 Å². The van der Waals surface area contributed by atoms with Gasteiger partial charge in [-0.15, -0.1) is 0 Å². The van der Waals surface area contributed by atoms with Crippen LogP contribution in [0.25, 0.3) is 16.8 Å². The van der Waals surface area contributed by atoms with Crippen LogP contribution in [0.4, 0.5) is 0 Å². The molecular weight excluding hydrogens is 484 g/mol. The quantitative estimate of drug-likeness (QED) is 0.165. The summed E-state index contributed by atoms with van der Waals surface area (Å²) in [4.78, 5) is 22.6. The number of allylic oxidation sites excluding steroid dienone is 1. The van der Waals surface area contributed by atoms with E-state index in [9.17, 15) is 9.59 Å². The minimum Gasteiger partial charge on any atom is -0.489 e. The van der Waals surface area contributed by atoms with E-state index in [-0.39, 0.29) is 0 Å². The van der Waals surface area contributed by atoms with Crippen molar-refractivity contribution in [3.63, 3.8) is 0 Å². The molecule has 0 bridgehead atoms. The van der Waals surface area contributed by atoms with Crippen molar-refractivity contribution in [2.45, 2.75) is 46.1 Å². The zero-order valence-corrected chi connectivity index (χ0v) is 22.6. The Balaban J connectivity index is 1.60. The Bertz CT molecular complexity index is 1390. The average molecular weight is 517 g/mol. The minimum absolute atomic E-state index is 0.356. The Hall–Kier alpha value is -3.51. The van der Waals surface area contributed by atoms with Gasteiger partial charge in [0.15, 0.2) is 11.9 Å². The molecule has 4 rings (SSSR count). The molecular formula is C31H32O5S. The fraction of sp³-hybridized carbons (Fsp3) is 0.290. The maximum Gasteiger partial charge on any atom is 0.181 e. The summed E-state index contributed by atoms with van der Waals surface area (Å²) in [5.41, 5.74) is 5.50. The summed E-state index contributed by atoms with van der Waals surface area (Å²) >= 11 is 0.867. The van der Waals surface area contributed by atoms with E-state index in [0.29, 0.717) is 30.0 Å². The molecule has 0 aliphatic carbocycles. The Kier molecular flexibility index (Phi) is 8.08. The van der Waals surface area contributed by atoms with Crippen molar-refractivity contribution in [2.75, 3.05) is 13.2 Å². The van der Waals surface area contributed by atoms with E-state index < -0.39 is 5.60 Å². The highest BCUT2D eigenvalue weighted by molar-refractivity contribution is 8.16. The number of carbonyl (C=O) groups is 2. The van der Waals surface area contributed by atoms with Gasteiger partial charge in [-0.1, -0.05) is 54.7 Å². The van der Waals surface area contributed by atoms with Crippen LogP contribution in [0.15, 0.2) is 54.0 Å². The molecule has 0 N–H and O–H groups in total. The number of benzene rings is 3. The van der Waals surface area contributed by atoms with Gasteiger partial charge in [-0.2, -0.15) is 0 Å². The van der Waals surface area contributed by atoms with Crippen LogP contribution in [-0.2, 0) is 16.0 Å². The van der Waals surface area contributed by atoms with E-state index in [1.54, 1.807) is 12.2 Å². The second kappa shape index (κ2) is 11.3. The first kappa shape index (κ1) is 26.6. The van der Waals surface area contributed by atoms with E-state index in [4.69, 9.17) is 14.2 Å². The smallest absolute Gasteiger partial charge is 0.181 e. The number of thioether (sulfide) groups is 1. The molecule has 0 amide bonds. The van der Waals surface area contributed by atoms with Gasteiger partial charge in [-0.3, -0.25) is 9.59 Å². The number of fused-ring (bicyclic) bond motifs is 2. The topological polar surface area (TPSA) is 61.8 Å². The predicted molar refractivity (Wildman–Crippen MR) is 152 cm³/mol. The summed E-state index contributed by atoms with van der Waals surface area (Å²) in [6, 6.07) is 11.7. The zero-order chi connectivity index (χ0) is 26.6. The Morgan fingerprint density at radius 3 is 2.51 bits per heavy atom. The fourth-order valence-corrected chi connectivity index (χ4v) is 5.19. The molecule has 3 aromatic carbocycles. The van der Waals surface area contributed by atoms with Crippen LogP contribution < -0.4 is 14.2 Å². The highest BCUT2D eigenvalue weighted by Crippen LogP contribution is 2.44. The van der Waals surface area contributed by atoms with Gasteiger partial charge >= 0.3 is 0 Å². The van der Waals surface area contributed by atoms with Crippen LogP contribution in [0, 0.1) is 20.8 Å². The van der Waals surface area contributed by atoms with Crippen LogP contribution >= 0.6 is 11.8 Å². The lowest BCUT2D eigenvalue weighted by atomic mass is 9.87. The van der Waals surface area contributed by atoms with Crippen LogP contribution in [0.3, 0.4) is 0 Å². The van der Waals surface area contributed by atoms with Crippen LogP contribution in [0.1, 0.15) is 41.2 Å². The van der Waals surface area contributed by atoms with Crippen molar-refractivity contribution >= 4 is 40.5 Å². The molecule has 0 saturated carbocycles. The number of ether oxygens (including phenoxy) is 3. The molecule has 1 atom stereocenters. The first-order valence-electron chi connectivity index (χ1n) is 12.3. The average Bonchev–Trinajstić information content (AvgIpc) is 2.91. The molecule has 1 unspecified atom stereocenters. The van der Waals surface area contributed by atoms with Gasteiger partial charge in [-0.25, -0.2) is 0 Å². The Morgan fingerprint density at radius 1 is 1.05 bits per heavy atom. The molecule has 0 aromatic heterocycles. The SMILES string of the molecule is C=CCOc1c(C)c(C)c2c(c1C)CCC(C)(COc1ccc(/C=C(/C=O)SC=O)c3ccccc13)O2. The van der Waals surface area contributed by atoms with E-state index >= 15 is 0 Å². The Labute approximate surface area is 222 Å². The third-order valence-electron chi connectivity index (χ3n) is 6.96. The Morgan fingerprint density at radius 2 is 1.81 bits per heavy atom. The summed E-state index contributed by atoms with van der Waals surface area (Å²) in [6.07, 6.45) is 5.86. The van der Waals surface area contributed by atoms with E-state index in [1.807, 2.05) is 36.4 Å². The summed E-state index contributed by atoms with van der Waals surface area (Å²) in [5.74, 6) is 2.60. The second-order valence-electron chi connectivity index (χ2n) is 9.53. The monoisotopic (exact) mass is 516 g/mol. The third kappa shape index (κ3) is 5.44. The molecule has 0 radical (unpaired) electrons. The summed E-state index contributed by atoms with van der Waals surface area (Å²) in [7, 11) is 0. The predicted octanol–water partition coefficient (Wildman–Crippen LogP) is 6.96. The van der Waals surface area contributed by atoms with E-state index in [2.05, 4.69) is 34.3 Å². The first-order valence-corrected chi connectivity index (χ1v) is 13.2. The van der Waals surface area contributed by atoms with Gasteiger partial charge in [0.05, 0.1) is 4.91 Å². The van der Waals surface area contributed by atoms with Crippen LogP contribution in [0.5, 0.6) is 17.2 Å². The highest BCUT2D eigenvalue weighted by atomic mass is 32.2. The van der Waals surface area contributed by atoms with Gasteiger partial charge < -0.3 is 14.2 Å². The van der Waals surface area contributed by atoms with Crippen molar-refractivity contribution in [3.8, 4) is 17.2 Å². The van der Waals surface area contributed by atoms with Gasteiger partial charge in [0.2, 0.25) is 0 Å². The van der Waals surface area contributed by atoms with Crippen molar-refractivity contribution < 1.29 is 23.8 Å². The lowest BCUT2D eigenvalue weighted by Crippen LogP contribution is -2.42. The van der Waals surface area contributed by atoms with Crippen molar-refractivity contribution in [1.82, 2.24) is 0 Å². The number of aldehydes is 1. The third-order valence-corrected chi connectivity index (χ3v) is 7.54. The number of hydrogen-bond acceptors (Lipinski definition) is 6. The molecule has 0 saturated heterocycles.